The van der Waals surface area contributed by atoms with E-state index in [1.54, 1.807) is 0 Å². The maximum Gasteiger partial charge on any atom is 0.0471 e. The molecule has 0 spiro atoms. The Labute approximate surface area is 109 Å². The molecule has 17 heavy (non-hydrogen) atoms. The quantitative estimate of drug-likeness (QED) is 0.813. The van der Waals surface area contributed by atoms with E-state index in [1.165, 1.54) is 18.4 Å². The molecule has 1 saturated carbocycles. The van der Waals surface area contributed by atoms with E-state index in [4.69, 9.17) is 17.3 Å². The lowest BCUT2D eigenvalue weighted by Gasteiger charge is -2.24. The number of rotatable bonds is 5. The minimum Gasteiger partial charge on any atom is -0.399 e. The molecule has 94 valence electrons. The Morgan fingerprint density at radius 1 is 1.41 bits per heavy atom. The Hall–Kier alpha value is -0.730. The van der Waals surface area contributed by atoms with Crippen molar-refractivity contribution in [3.63, 3.8) is 0 Å². The monoisotopic (exact) mass is 252 g/mol. The van der Waals surface area contributed by atoms with Crippen LogP contribution in [-0.2, 0) is 6.54 Å². The molecular weight excluding hydrogens is 232 g/mol. The maximum absolute atomic E-state index is 6.23. The van der Waals surface area contributed by atoms with Gasteiger partial charge in [0, 0.05) is 29.8 Å². The normalized spacial score (nSPS) is 15.8. The largest absolute Gasteiger partial charge is 0.399 e. The van der Waals surface area contributed by atoms with Crippen molar-refractivity contribution in [1.82, 2.24) is 4.90 Å². The highest BCUT2D eigenvalue weighted by molar-refractivity contribution is 6.31. The fourth-order valence-corrected chi connectivity index (χ4v) is 2.41. The van der Waals surface area contributed by atoms with E-state index in [2.05, 4.69) is 18.7 Å². The molecule has 1 aromatic carbocycles. The molecule has 2 N–H and O–H groups in total. The van der Waals surface area contributed by atoms with Crippen LogP contribution in [0.1, 0.15) is 32.3 Å². The Bertz CT molecular complexity index is 386. The zero-order valence-electron chi connectivity index (χ0n) is 10.6. The third-order valence-electron chi connectivity index (χ3n) is 3.11. The number of hydrogen-bond donors (Lipinski definition) is 1. The summed E-state index contributed by atoms with van der Waals surface area (Å²) in [6.45, 7) is 6.62. The summed E-state index contributed by atoms with van der Waals surface area (Å²) in [5.74, 6) is 0.697. The van der Waals surface area contributed by atoms with Gasteiger partial charge in [-0.3, -0.25) is 4.90 Å². The molecule has 0 aliphatic heterocycles. The van der Waals surface area contributed by atoms with E-state index in [-0.39, 0.29) is 0 Å². The van der Waals surface area contributed by atoms with Gasteiger partial charge in [0.2, 0.25) is 0 Å². The summed E-state index contributed by atoms with van der Waals surface area (Å²) in [5.41, 5.74) is 7.64. The first-order valence-corrected chi connectivity index (χ1v) is 6.72. The van der Waals surface area contributed by atoms with Gasteiger partial charge in [0.1, 0.15) is 0 Å². The topological polar surface area (TPSA) is 29.3 Å². The first-order chi connectivity index (χ1) is 8.06. The van der Waals surface area contributed by atoms with Crippen molar-refractivity contribution in [3.05, 3.63) is 28.8 Å². The van der Waals surface area contributed by atoms with E-state index in [0.29, 0.717) is 5.92 Å². The van der Waals surface area contributed by atoms with Crippen LogP contribution in [0.4, 0.5) is 5.69 Å². The van der Waals surface area contributed by atoms with Crippen LogP contribution in [0.2, 0.25) is 5.02 Å². The minimum atomic E-state index is 0.697. The number of hydrogen-bond acceptors (Lipinski definition) is 2. The van der Waals surface area contributed by atoms with Gasteiger partial charge in [-0.1, -0.05) is 31.5 Å². The van der Waals surface area contributed by atoms with Crippen molar-refractivity contribution in [2.45, 2.75) is 39.3 Å². The third kappa shape index (κ3) is 3.62. The van der Waals surface area contributed by atoms with Crippen LogP contribution >= 0.6 is 11.6 Å². The molecule has 1 fully saturated rings. The van der Waals surface area contributed by atoms with Gasteiger partial charge in [-0.15, -0.1) is 0 Å². The van der Waals surface area contributed by atoms with E-state index < -0.39 is 0 Å². The van der Waals surface area contributed by atoms with Crippen molar-refractivity contribution < 1.29 is 0 Å². The lowest BCUT2D eigenvalue weighted by Crippen LogP contribution is -2.29. The number of nitrogens with two attached hydrogens (primary N) is 1. The molecule has 2 nitrogen and oxygen atoms in total. The van der Waals surface area contributed by atoms with Gasteiger partial charge < -0.3 is 5.73 Å². The average Bonchev–Trinajstić information content (AvgIpc) is 3.03. The average molecular weight is 253 g/mol. The summed E-state index contributed by atoms with van der Waals surface area (Å²) in [6, 6.07) is 6.60. The fourth-order valence-electron chi connectivity index (χ4n) is 2.16. The lowest BCUT2D eigenvalue weighted by molar-refractivity contribution is 0.226. The SMILES string of the molecule is CC(C)CN(Cc1ccc(N)cc1Cl)C1CC1. The highest BCUT2D eigenvalue weighted by atomic mass is 35.5. The molecule has 0 atom stereocenters. The highest BCUT2D eigenvalue weighted by Gasteiger charge is 2.29. The molecule has 0 heterocycles. The maximum atomic E-state index is 6.23. The molecule has 3 heteroatoms. The number of nitrogen functional groups attached to an aromatic ring is 1. The number of nitrogens with zero attached hydrogens (tertiary/aromatic N) is 1. The van der Waals surface area contributed by atoms with E-state index in [1.807, 2.05) is 18.2 Å². The Morgan fingerprint density at radius 2 is 2.12 bits per heavy atom. The molecule has 1 aromatic rings. The van der Waals surface area contributed by atoms with Crippen LogP contribution in [-0.4, -0.2) is 17.5 Å². The number of benzene rings is 1. The molecule has 0 unspecified atom stereocenters. The van der Waals surface area contributed by atoms with Gasteiger partial charge in [0.05, 0.1) is 0 Å². The van der Waals surface area contributed by atoms with Crippen LogP contribution < -0.4 is 5.73 Å². The van der Waals surface area contributed by atoms with Crippen molar-refractivity contribution in [3.8, 4) is 0 Å². The molecular formula is C14H21ClN2. The molecule has 0 saturated heterocycles. The number of halogens is 1. The van der Waals surface area contributed by atoms with E-state index in [9.17, 15) is 0 Å². The van der Waals surface area contributed by atoms with Crippen LogP contribution in [0.25, 0.3) is 0 Å². The Morgan fingerprint density at radius 3 is 2.65 bits per heavy atom. The van der Waals surface area contributed by atoms with Crippen LogP contribution in [0.15, 0.2) is 18.2 Å². The first-order valence-electron chi connectivity index (χ1n) is 6.34. The molecule has 1 aliphatic rings. The summed E-state index contributed by atoms with van der Waals surface area (Å²) < 4.78 is 0. The van der Waals surface area contributed by atoms with E-state index >= 15 is 0 Å². The summed E-state index contributed by atoms with van der Waals surface area (Å²) >= 11 is 6.23. The zero-order valence-corrected chi connectivity index (χ0v) is 11.4. The molecule has 0 aromatic heterocycles. The highest BCUT2D eigenvalue weighted by Crippen LogP contribution is 2.30. The van der Waals surface area contributed by atoms with Gasteiger partial charge in [0.25, 0.3) is 0 Å². The van der Waals surface area contributed by atoms with Gasteiger partial charge >= 0.3 is 0 Å². The van der Waals surface area contributed by atoms with Crippen LogP contribution in [0.5, 0.6) is 0 Å². The summed E-state index contributed by atoms with van der Waals surface area (Å²) in [7, 11) is 0. The van der Waals surface area contributed by atoms with Gasteiger partial charge in [-0.05, 0) is 36.5 Å². The molecule has 0 amide bonds. The number of anilines is 1. The minimum absolute atomic E-state index is 0.697. The third-order valence-corrected chi connectivity index (χ3v) is 3.47. The summed E-state index contributed by atoms with van der Waals surface area (Å²) in [6.07, 6.45) is 2.67. The van der Waals surface area contributed by atoms with Crippen molar-refractivity contribution in [2.75, 3.05) is 12.3 Å². The molecule has 0 radical (unpaired) electrons. The van der Waals surface area contributed by atoms with E-state index in [0.717, 1.165) is 29.8 Å². The summed E-state index contributed by atoms with van der Waals surface area (Å²) in [5, 5.41) is 0.791. The van der Waals surface area contributed by atoms with Crippen molar-refractivity contribution in [2.24, 2.45) is 5.92 Å². The first kappa shape index (κ1) is 12.7. The molecule has 1 aliphatic carbocycles. The van der Waals surface area contributed by atoms with Gasteiger partial charge in [-0.2, -0.15) is 0 Å². The Kier molecular flexibility index (Phi) is 3.95. The molecule has 2 rings (SSSR count). The smallest absolute Gasteiger partial charge is 0.0471 e. The predicted octanol–water partition coefficient (Wildman–Crippen LogP) is 3.54. The van der Waals surface area contributed by atoms with Crippen LogP contribution in [0.3, 0.4) is 0 Å². The second-order valence-corrected chi connectivity index (χ2v) is 5.81. The van der Waals surface area contributed by atoms with Gasteiger partial charge in [0.15, 0.2) is 0 Å². The standard InChI is InChI=1S/C14H21ClN2/c1-10(2)8-17(13-5-6-13)9-11-3-4-12(16)7-14(11)15/h3-4,7,10,13H,5-6,8-9,16H2,1-2H3. The summed E-state index contributed by atoms with van der Waals surface area (Å²) in [4.78, 5) is 2.54. The van der Waals surface area contributed by atoms with Gasteiger partial charge in [-0.25, -0.2) is 0 Å². The molecule has 0 bridgehead atoms. The van der Waals surface area contributed by atoms with Crippen molar-refractivity contribution in [1.29, 1.82) is 0 Å². The predicted molar refractivity (Wildman–Crippen MR) is 74.1 cm³/mol. The second kappa shape index (κ2) is 5.28. The Balaban J connectivity index is 2.06. The fraction of sp³-hybridized carbons (Fsp3) is 0.571. The zero-order chi connectivity index (χ0) is 12.4. The van der Waals surface area contributed by atoms with Crippen LogP contribution in [0, 0.1) is 5.92 Å². The van der Waals surface area contributed by atoms with Crippen molar-refractivity contribution >= 4 is 17.3 Å². The second-order valence-electron chi connectivity index (χ2n) is 5.41. The lowest BCUT2D eigenvalue weighted by atomic mass is 10.1.